The number of H-pyrrole nitrogens is 1. The van der Waals surface area contributed by atoms with Crippen molar-refractivity contribution in [2.45, 2.75) is 13.3 Å². The smallest absolute Gasteiger partial charge is 0.338 e. The van der Waals surface area contributed by atoms with Gasteiger partial charge in [0.25, 0.3) is 5.91 Å². The van der Waals surface area contributed by atoms with Crippen molar-refractivity contribution in [1.29, 1.82) is 0 Å². The highest BCUT2D eigenvalue weighted by Crippen LogP contribution is 2.30. The first-order valence-corrected chi connectivity index (χ1v) is 9.15. The van der Waals surface area contributed by atoms with Crippen LogP contribution in [0.3, 0.4) is 0 Å². The summed E-state index contributed by atoms with van der Waals surface area (Å²) in [5.41, 5.74) is 2.78. The number of carboxylic acids is 1. The van der Waals surface area contributed by atoms with Gasteiger partial charge >= 0.3 is 5.97 Å². The zero-order valence-corrected chi connectivity index (χ0v) is 16.6. The summed E-state index contributed by atoms with van der Waals surface area (Å²) in [5, 5.41) is 12.8. The van der Waals surface area contributed by atoms with E-state index in [-0.39, 0.29) is 11.5 Å². The van der Waals surface area contributed by atoms with E-state index in [4.69, 9.17) is 0 Å². The third-order valence-electron chi connectivity index (χ3n) is 4.35. The number of likely N-dealkylation sites (N-methyl/N-ethyl adjacent to an activating group) is 1. The van der Waals surface area contributed by atoms with Gasteiger partial charge in [-0.25, -0.2) is 14.8 Å². The summed E-state index contributed by atoms with van der Waals surface area (Å²) in [5.74, 6) is -0.735. The van der Waals surface area contributed by atoms with E-state index < -0.39 is 5.97 Å². The molecule has 0 saturated carbocycles. The highest BCUT2D eigenvalue weighted by Gasteiger charge is 2.19. The first-order chi connectivity index (χ1) is 13.8. The number of aromatic nitrogens is 3. The van der Waals surface area contributed by atoms with Gasteiger partial charge in [0.15, 0.2) is 0 Å². The van der Waals surface area contributed by atoms with E-state index in [0.717, 1.165) is 0 Å². The number of carbonyl (C=O) groups excluding carboxylic acids is 1. The minimum atomic E-state index is -1.06. The summed E-state index contributed by atoms with van der Waals surface area (Å²) < 4.78 is 0. The predicted molar refractivity (Wildman–Crippen MR) is 112 cm³/mol. The van der Waals surface area contributed by atoms with Crippen molar-refractivity contribution in [2.75, 3.05) is 26.0 Å². The molecule has 8 heteroatoms. The van der Waals surface area contributed by atoms with Gasteiger partial charge in [0, 0.05) is 36.0 Å². The monoisotopic (exact) mass is 393 g/mol. The summed E-state index contributed by atoms with van der Waals surface area (Å²) in [6, 6.07) is 7.13. The fourth-order valence-electron chi connectivity index (χ4n) is 3.03. The Labute approximate surface area is 168 Å². The van der Waals surface area contributed by atoms with Gasteiger partial charge in [0.2, 0.25) is 0 Å². The molecular formula is C21H23N5O3. The largest absolute Gasteiger partial charge is 0.478 e. The lowest BCUT2D eigenvalue weighted by Crippen LogP contribution is -2.23. The number of aromatic amines is 1. The van der Waals surface area contributed by atoms with Crippen LogP contribution in [0.4, 0.5) is 5.69 Å². The number of aromatic carboxylic acids is 1. The Morgan fingerprint density at radius 2 is 2.03 bits per heavy atom. The number of fused-ring (bicyclic) bond motifs is 1. The van der Waals surface area contributed by atoms with Crippen LogP contribution in [0.2, 0.25) is 0 Å². The average Bonchev–Trinajstić information content (AvgIpc) is 3.11. The summed E-state index contributed by atoms with van der Waals surface area (Å²) in [6.45, 7) is 6.19. The number of hydrogen-bond donors (Lipinski definition) is 3. The Balaban J connectivity index is 2.03. The van der Waals surface area contributed by atoms with Gasteiger partial charge in [-0.3, -0.25) is 4.79 Å². The molecule has 150 valence electrons. The first kappa shape index (κ1) is 20.2. The van der Waals surface area contributed by atoms with E-state index in [9.17, 15) is 14.7 Å². The van der Waals surface area contributed by atoms with E-state index in [1.54, 1.807) is 18.2 Å². The van der Waals surface area contributed by atoms with Gasteiger partial charge in [0.05, 0.1) is 16.6 Å². The van der Waals surface area contributed by atoms with Crippen LogP contribution in [0.25, 0.3) is 22.3 Å². The van der Waals surface area contributed by atoms with Crippen molar-refractivity contribution < 1.29 is 14.7 Å². The van der Waals surface area contributed by atoms with Crippen molar-refractivity contribution in [3.63, 3.8) is 0 Å². The Morgan fingerprint density at radius 3 is 2.69 bits per heavy atom. The molecule has 0 aliphatic carbocycles. The molecule has 29 heavy (non-hydrogen) atoms. The van der Waals surface area contributed by atoms with Crippen LogP contribution in [-0.4, -0.2) is 57.5 Å². The molecule has 1 aromatic carbocycles. The molecular weight excluding hydrogens is 370 g/mol. The van der Waals surface area contributed by atoms with Crippen molar-refractivity contribution >= 4 is 28.6 Å². The van der Waals surface area contributed by atoms with Crippen LogP contribution in [0.15, 0.2) is 42.6 Å². The van der Waals surface area contributed by atoms with Gasteiger partial charge in [-0.15, -0.1) is 0 Å². The third kappa shape index (κ3) is 4.33. The second-order valence-corrected chi connectivity index (χ2v) is 6.95. The first-order valence-electron chi connectivity index (χ1n) is 9.15. The second-order valence-electron chi connectivity index (χ2n) is 6.95. The summed E-state index contributed by atoms with van der Waals surface area (Å²) in [7, 11) is 3.73. The van der Waals surface area contributed by atoms with E-state index in [1.165, 1.54) is 6.20 Å². The molecule has 3 N–H and O–H groups in total. The highest BCUT2D eigenvalue weighted by atomic mass is 16.4. The van der Waals surface area contributed by atoms with E-state index in [0.29, 0.717) is 52.3 Å². The number of carboxylic acid groups (broad SMARTS) is 1. The maximum absolute atomic E-state index is 12.4. The fourth-order valence-corrected chi connectivity index (χ4v) is 3.03. The number of carbonyl (C=O) groups is 2. The molecule has 0 saturated heterocycles. The summed E-state index contributed by atoms with van der Waals surface area (Å²) in [6.07, 6.45) is 2.02. The number of nitrogens with one attached hydrogen (secondary N) is 2. The number of benzene rings is 1. The molecule has 0 spiro atoms. The van der Waals surface area contributed by atoms with Gasteiger partial charge in [-0.05, 0) is 26.2 Å². The van der Waals surface area contributed by atoms with Crippen LogP contribution < -0.4 is 5.32 Å². The van der Waals surface area contributed by atoms with Crippen molar-refractivity contribution in [3.05, 3.63) is 54.0 Å². The van der Waals surface area contributed by atoms with Gasteiger partial charge in [-0.1, -0.05) is 25.6 Å². The van der Waals surface area contributed by atoms with Crippen molar-refractivity contribution in [2.24, 2.45) is 0 Å². The number of amides is 1. The van der Waals surface area contributed by atoms with E-state index in [2.05, 4.69) is 26.8 Å². The van der Waals surface area contributed by atoms with Gasteiger partial charge < -0.3 is 20.3 Å². The van der Waals surface area contributed by atoms with Gasteiger partial charge in [-0.2, -0.15) is 0 Å². The quantitative estimate of drug-likeness (QED) is 0.532. The molecule has 8 nitrogen and oxygen atoms in total. The molecule has 3 rings (SSSR count). The second kappa shape index (κ2) is 8.24. The van der Waals surface area contributed by atoms with Crippen LogP contribution in [0.1, 0.15) is 23.1 Å². The summed E-state index contributed by atoms with van der Waals surface area (Å²) >= 11 is 0. The van der Waals surface area contributed by atoms with Gasteiger partial charge in [0.1, 0.15) is 11.5 Å². The number of anilines is 1. The normalized spacial score (nSPS) is 11.0. The zero-order chi connectivity index (χ0) is 21.1. The van der Waals surface area contributed by atoms with Crippen LogP contribution in [-0.2, 0) is 11.2 Å². The molecule has 0 radical (unpaired) electrons. The fraction of sp³-hybridized carbons (Fsp3) is 0.238. The number of aryl methyl sites for hydroxylation is 1. The lowest BCUT2D eigenvalue weighted by Gasteiger charge is -2.13. The minimum absolute atomic E-state index is 0.103. The maximum Gasteiger partial charge on any atom is 0.338 e. The molecule has 1 amide bonds. The SMILES string of the molecule is C=C(CN(C)C)C(=O)Nc1cccc(-c2nc(CC)nc3[nH]cc(C(=O)O)c23)c1. The minimum Gasteiger partial charge on any atom is -0.478 e. The summed E-state index contributed by atoms with van der Waals surface area (Å²) in [4.78, 5) is 37.7. The standard InChI is InChI=1S/C21H23N5O3/c1-5-16-24-18(17-15(21(28)29)10-22-19(17)25-16)13-7-6-8-14(9-13)23-20(27)12(2)11-26(3)4/h6-10H,2,5,11H2,1,3-4H3,(H,23,27)(H,28,29)(H,22,24,25). The van der Waals surface area contributed by atoms with E-state index >= 15 is 0 Å². The maximum atomic E-state index is 12.4. The molecule has 2 aromatic heterocycles. The molecule has 0 aliphatic heterocycles. The third-order valence-corrected chi connectivity index (χ3v) is 4.35. The highest BCUT2D eigenvalue weighted by molar-refractivity contribution is 6.08. The Morgan fingerprint density at radius 1 is 1.28 bits per heavy atom. The van der Waals surface area contributed by atoms with Crippen LogP contribution in [0, 0.1) is 0 Å². The molecule has 0 aliphatic rings. The zero-order valence-electron chi connectivity index (χ0n) is 16.6. The topological polar surface area (TPSA) is 111 Å². The number of hydrogen-bond acceptors (Lipinski definition) is 5. The molecule has 0 bridgehead atoms. The predicted octanol–water partition coefficient (Wildman–Crippen LogP) is 2.94. The molecule has 0 fully saturated rings. The Kier molecular flexibility index (Phi) is 5.74. The Bertz CT molecular complexity index is 1100. The van der Waals surface area contributed by atoms with E-state index in [1.807, 2.05) is 32.0 Å². The van der Waals surface area contributed by atoms with Crippen molar-refractivity contribution in [3.8, 4) is 11.3 Å². The lowest BCUT2D eigenvalue weighted by atomic mass is 10.1. The Hall–Kier alpha value is -3.52. The number of rotatable bonds is 7. The number of nitrogens with zero attached hydrogens (tertiary/aromatic N) is 3. The van der Waals surface area contributed by atoms with Crippen molar-refractivity contribution in [1.82, 2.24) is 19.9 Å². The average molecular weight is 393 g/mol. The molecule has 0 unspecified atom stereocenters. The molecule has 2 heterocycles. The van der Waals surface area contributed by atoms with Crippen LogP contribution >= 0.6 is 0 Å². The lowest BCUT2D eigenvalue weighted by molar-refractivity contribution is -0.113. The molecule has 3 aromatic rings. The molecule has 0 atom stereocenters. The van der Waals surface area contributed by atoms with Crippen LogP contribution in [0.5, 0.6) is 0 Å².